The number of hydrogen-bond acceptors (Lipinski definition) is 1. The summed E-state index contributed by atoms with van der Waals surface area (Å²) in [5, 5.41) is -0.0445. The van der Waals surface area contributed by atoms with E-state index in [2.05, 4.69) is 18.8 Å². The van der Waals surface area contributed by atoms with Crippen LogP contribution in [0.25, 0.3) is 0 Å². The summed E-state index contributed by atoms with van der Waals surface area (Å²) >= 11 is 7.50. The zero-order valence-electron chi connectivity index (χ0n) is 7.44. The lowest BCUT2D eigenvalue weighted by atomic mass is 10.1. The molecule has 0 spiro atoms. The van der Waals surface area contributed by atoms with Crippen molar-refractivity contribution in [1.29, 1.82) is 0 Å². The largest absolute Gasteiger partial charge is 0.241 e. The van der Waals surface area contributed by atoms with Crippen LogP contribution in [-0.2, 0) is 6.42 Å². The van der Waals surface area contributed by atoms with Crippen LogP contribution < -0.4 is 0 Å². The average Bonchev–Trinajstić information content (AvgIpc) is 2.06. The van der Waals surface area contributed by atoms with Crippen molar-refractivity contribution in [2.75, 3.05) is 0 Å². The first-order valence-corrected chi connectivity index (χ1v) is 5.46. The van der Waals surface area contributed by atoms with Crippen molar-refractivity contribution in [2.24, 2.45) is 5.92 Å². The molecule has 0 aliphatic rings. The molecule has 1 rings (SSSR count). The number of rotatable bonds is 2. The Bertz CT molecular complexity index is 315. The lowest BCUT2D eigenvalue weighted by Gasteiger charge is -2.07. The fraction of sp³-hybridized carbons (Fsp3) is 0.444. The molecule has 0 radical (unpaired) electrons. The van der Waals surface area contributed by atoms with Gasteiger partial charge in [-0.25, -0.2) is 9.37 Å². The maximum Gasteiger partial charge on any atom is 0.174 e. The highest BCUT2D eigenvalue weighted by molar-refractivity contribution is 14.1. The zero-order chi connectivity index (χ0) is 10.0. The third-order valence-corrected chi connectivity index (χ3v) is 3.05. The zero-order valence-corrected chi connectivity index (χ0v) is 10.4. The van der Waals surface area contributed by atoms with Crippen molar-refractivity contribution in [2.45, 2.75) is 20.3 Å². The first-order chi connectivity index (χ1) is 6.02. The Hall–Kier alpha value is 0.1000. The van der Waals surface area contributed by atoms with Gasteiger partial charge in [0.25, 0.3) is 0 Å². The SMILES string of the molecule is CC(C)Cc1cnc(Cl)c(F)c1I. The summed E-state index contributed by atoms with van der Waals surface area (Å²) in [6.07, 6.45) is 2.48. The smallest absolute Gasteiger partial charge is 0.174 e. The molecular weight excluding hydrogens is 303 g/mol. The molecule has 0 N–H and O–H groups in total. The van der Waals surface area contributed by atoms with Crippen molar-refractivity contribution in [3.8, 4) is 0 Å². The summed E-state index contributed by atoms with van der Waals surface area (Å²) in [5.41, 5.74) is 0.928. The predicted octanol–water partition coefficient (Wildman–Crippen LogP) is 3.68. The lowest BCUT2D eigenvalue weighted by Crippen LogP contribution is -2.00. The minimum absolute atomic E-state index is 0.0445. The fourth-order valence-electron chi connectivity index (χ4n) is 1.06. The van der Waals surface area contributed by atoms with Gasteiger partial charge in [0.1, 0.15) is 0 Å². The molecule has 1 aromatic heterocycles. The van der Waals surface area contributed by atoms with Gasteiger partial charge < -0.3 is 0 Å². The van der Waals surface area contributed by atoms with Crippen LogP contribution in [0.4, 0.5) is 4.39 Å². The molecule has 0 bridgehead atoms. The average molecular weight is 314 g/mol. The van der Waals surface area contributed by atoms with Gasteiger partial charge in [0.15, 0.2) is 11.0 Å². The molecule has 0 saturated carbocycles. The highest BCUT2D eigenvalue weighted by atomic mass is 127. The predicted molar refractivity (Wildman–Crippen MR) is 60.5 cm³/mol. The molecule has 0 unspecified atom stereocenters. The minimum atomic E-state index is -0.402. The van der Waals surface area contributed by atoms with E-state index < -0.39 is 5.82 Å². The van der Waals surface area contributed by atoms with Crippen molar-refractivity contribution < 1.29 is 4.39 Å². The molecule has 13 heavy (non-hydrogen) atoms. The Kier molecular flexibility index (Phi) is 3.91. The summed E-state index contributed by atoms with van der Waals surface area (Å²) in [6.45, 7) is 4.17. The Balaban J connectivity index is 3.04. The molecule has 4 heteroatoms. The van der Waals surface area contributed by atoms with Crippen LogP contribution in [0.15, 0.2) is 6.20 Å². The summed E-state index contributed by atoms with van der Waals surface area (Å²) in [5.74, 6) is 0.0938. The Morgan fingerprint density at radius 3 is 2.77 bits per heavy atom. The van der Waals surface area contributed by atoms with E-state index in [4.69, 9.17) is 11.6 Å². The van der Waals surface area contributed by atoms with Gasteiger partial charge >= 0.3 is 0 Å². The molecule has 0 aliphatic carbocycles. The molecule has 1 aromatic rings. The van der Waals surface area contributed by atoms with E-state index in [9.17, 15) is 4.39 Å². The molecule has 0 aromatic carbocycles. The third kappa shape index (κ3) is 2.77. The first kappa shape index (κ1) is 11.2. The Labute approximate surface area is 95.8 Å². The van der Waals surface area contributed by atoms with Crippen molar-refractivity contribution in [1.82, 2.24) is 4.98 Å². The fourth-order valence-corrected chi connectivity index (χ4v) is 1.98. The van der Waals surface area contributed by atoms with Gasteiger partial charge in [-0.3, -0.25) is 0 Å². The molecule has 72 valence electrons. The van der Waals surface area contributed by atoms with E-state index in [1.54, 1.807) is 6.20 Å². The van der Waals surface area contributed by atoms with Crippen molar-refractivity contribution in [3.05, 3.63) is 26.3 Å². The number of pyridine rings is 1. The second kappa shape index (κ2) is 4.55. The van der Waals surface area contributed by atoms with Gasteiger partial charge in [-0.1, -0.05) is 25.4 Å². The normalized spacial score (nSPS) is 10.9. The molecule has 0 amide bonds. The highest BCUT2D eigenvalue weighted by Crippen LogP contribution is 2.22. The second-order valence-electron chi connectivity index (χ2n) is 3.30. The molecule has 0 atom stereocenters. The van der Waals surface area contributed by atoms with Crippen LogP contribution in [0.5, 0.6) is 0 Å². The maximum absolute atomic E-state index is 13.2. The van der Waals surface area contributed by atoms with Crippen molar-refractivity contribution >= 4 is 34.2 Å². The van der Waals surface area contributed by atoms with Crippen LogP contribution >= 0.6 is 34.2 Å². The highest BCUT2D eigenvalue weighted by Gasteiger charge is 2.11. The van der Waals surface area contributed by atoms with Gasteiger partial charge in [0.05, 0.1) is 3.57 Å². The summed E-state index contributed by atoms with van der Waals surface area (Å²) < 4.78 is 13.8. The molecule has 0 saturated heterocycles. The molecular formula is C9H10ClFIN. The van der Waals surface area contributed by atoms with Crippen LogP contribution in [-0.4, -0.2) is 4.98 Å². The van der Waals surface area contributed by atoms with Crippen LogP contribution in [0, 0.1) is 15.3 Å². The summed E-state index contributed by atoms with van der Waals surface area (Å²) in [7, 11) is 0. The number of aromatic nitrogens is 1. The number of hydrogen-bond donors (Lipinski definition) is 0. The maximum atomic E-state index is 13.2. The van der Waals surface area contributed by atoms with E-state index in [-0.39, 0.29) is 5.15 Å². The Morgan fingerprint density at radius 2 is 2.23 bits per heavy atom. The molecule has 1 heterocycles. The molecule has 0 fully saturated rings. The van der Waals surface area contributed by atoms with E-state index in [0.29, 0.717) is 9.49 Å². The minimum Gasteiger partial charge on any atom is -0.241 e. The van der Waals surface area contributed by atoms with Crippen LogP contribution in [0.2, 0.25) is 5.15 Å². The number of nitrogens with zero attached hydrogens (tertiary/aromatic N) is 1. The second-order valence-corrected chi connectivity index (χ2v) is 4.74. The molecule has 1 nitrogen and oxygen atoms in total. The quantitative estimate of drug-likeness (QED) is 0.599. The van der Waals surface area contributed by atoms with Gasteiger partial charge in [-0.05, 0) is 40.5 Å². The third-order valence-electron chi connectivity index (χ3n) is 1.62. The number of halogens is 3. The monoisotopic (exact) mass is 313 g/mol. The summed E-state index contributed by atoms with van der Waals surface area (Å²) in [4.78, 5) is 3.78. The topological polar surface area (TPSA) is 12.9 Å². The van der Waals surface area contributed by atoms with Crippen LogP contribution in [0.3, 0.4) is 0 Å². The Morgan fingerprint density at radius 1 is 1.62 bits per heavy atom. The summed E-state index contributed by atoms with van der Waals surface area (Å²) in [6, 6.07) is 0. The van der Waals surface area contributed by atoms with E-state index >= 15 is 0 Å². The van der Waals surface area contributed by atoms with E-state index in [1.165, 1.54) is 0 Å². The van der Waals surface area contributed by atoms with E-state index in [0.717, 1.165) is 12.0 Å². The first-order valence-electron chi connectivity index (χ1n) is 4.00. The van der Waals surface area contributed by atoms with Crippen molar-refractivity contribution in [3.63, 3.8) is 0 Å². The molecule has 0 aliphatic heterocycles. The van der Waals surface area contributed by atoms with Crippen LogP contribution in [0.1, 0.15) is 19.4 Å². The lowest BCUT2D eigenvalue weighted by molar-refractivity contribution is 0.597. The standard InChI is InChI=1S/C9H10ClFIN/c1-5(2)3-6-4-13-9(10)7(11)8(6)12/h4-5H,3H2,1-2H3. The van der Waals surface area contributed by atoms with Gasteiger partial charge in [0.2, 0.25) is 0 Å². The van der Waals surface area contributed by atoms with Gasteiger partial charge in [0, 0.05) is 6.20 Å². The van der Waals surface area contributed by atoms with Gasteiger partial charge in [-0.2, -0.15) is 0 Å². The van der Waals surface area contributed by atoms with E-state index in [1.807, 2.05) is 22.6 Å². The van der Waals surface area contributed by atoms with Gasteiger partial charge in [-0.15, -0.1) is 0 Å².